The Balaban J connectivity index is 2.33. The second-order valence-corrected chi connectivity index (χ2v) is 4.94. The maximum absolute atomic E-state index is 4.54. The van der Waals surface area contributed by atoms with E-state index < -0.39 is 0 Å². The predicted molar refractivity (Wildman–Crippen MR) is 74.4 cm³/mol. The first-order valence-electron chi connectivity index (χ1n) is 6.49. The Morgan fingerprint density at radius 1 is 1.22 bits per heavy atom. The van der Waals surface area contributed by atoms with Crippen molar-refractivity contribution in [2.45, 2.75) is 32.2 Å². The third-order valence-corrected chi connectivity index (χ3v) is 3.30. The molecule has 2 rings (SSSR count). The van der Waals surface area contributed by atoms with Crippen LogP contribution in [-0.4, -0.2) is 48.7 Å². The van der Waals surface area contributed by atoms with Gasteiger partial charge in [0.15, 0.2) is 0 Å². The van der Waals surface area contributed by atoms with Crippen LogP contribution in [0.4, 0.5) is 17.8 Å². The van der Waals surface area contributed by atoms with E-state index in [-0.39, 0.29) is 0 Å². The molecule has 1 unspecified atom stereocenters. The van der Waals surface area contributed by atoms with E-state index in [0.717, 1.165) is 12.5 Å². The summed E-state index contributed by atoms with van der Waals surface area (Å²) in [7, 11) is 5.72. The van der Waals surface area contributed by atoms with E-state index in [1.54, 1.807) is 0 Å². The standard InChI is InChI=1S/C12H22N6/c1-9-7-5-6-8-18(9)12-15-10(13-2)14-11(16-12)17(3)4/h9H,5-8H2,1-4H3,(H,13,14,15,16). The minimum Gasteiger partial charge on any atom is -0.357 e. The molecule has 0 amide bonds. The van der Waals surface area contributed by atoms with Crippen molar-refractivity contribution < 1.29 is 0 Å². The van der Waals surface area contributed by atoms with Gasteiger partial charge in [-0.2, -0.15) is 15.0 Å². The van der Waals surface area contributed by atoms with Crippen molar-refractivity contribution in [3.8, 4) is 0 Å². The molecule has 1 aliphatic heterocycles. The molecule has 1 aromatic heterocycles. The molecule has 18 heavy (non-hydrogen) atoms. The molecule has 0 spiro atoms. The average Bonchev–Trinajstić information content (AvgIpc) is 2.38. The Labute approximate surface area is 108 Å². The first kappa shape index (κ1) is 12.9. The lowest BCUT2D eigenvalue weighted by Gasteiger charge is -2.33. The maximum Gasteiger partial charge on any atom is 0.232 e. The van der Waals surface area contributed by atoms with Crippen LogP contribution in [0.2, 0.25) is 0 Å². The van der Waals surface area contributed by atoms with Gasteiger partial charge in [-0.1, -0.05) is 0 Å². The quantitative estimate of drug-likeness (QED) is 0.874. The second kappa shape index (κ2) is 5.37. The van der Waals surface area contributed by atoms with E-state index in [2.05, 4.69) is 32.1 Å². The first-order valence-corrected chi connectivity index (χ1v) is 6.49. The lowest BCUT2D eigenvalue weighted by atomic mass is 10.0. The van der Waals surface area contributed by atoms with E-state index in [9.17, 15) is 0 Å². The van der Waals surface area contributed by atoms with Crippen molar-refractivity contribution in [2.75, 3.05) is 42.8 Å². The monoisotopic (exact) mass is 250 g/mol. The third-order valence-electron chi connectivity index (χ3n) is 3.30. The minimum absolute atomic E-state index is 0.501. The molecule has 0 saturated carbocycles. The number of nitrogens with one attached hydrogen (secondary N) is 1. The summed E-state index contributed by atoms with van der Waals surface area (Å²) in [6.07, 6.45) is 3.71. The Kier molecular flexibility index (Phi) is 3.84. The fourth-order valence-corrected chi connectivity index (χ4v) is 2.19. The van der Waals surface area contributed by atoms with Crippen LogP contribution < -0.4 is 15.1 Å². The molecule has 1 fully saturated rings. The Bertz CT molecular complexity index is 406. The first-order chi connectivity index (χ1) is 8.61. The van der Waals surface area contributed by atoms with Gasteiger partial charge in [-0.25, -0.2) is 0 Å². The van der Waals surface area contributed by atoms with Crippen molar-refractivity contribution in [2.24, 2.45) is 0 Å². The third kappa shape index (κ3) is 2.63. The summed E-state index contributed by atoms with van der Waals surface area (Å²) in [5.74, 6) is 2.11. The zero-order chi connectivity index (χ0) is 13.1. The highest BCUT2D eigenvalue weighted by molar-refractivity contribution is 5.45. The Morgan fingerprint density at radius 2 is 2.00 bits per heavy atom. The Morgan fingerprint density at radius 3 is 2.61 bits per heavy atom. The summed E-state index contributed by atoms with van der Waals surface area (Å²) in [6, 6.07) is 0.501. The van der Waals surface area contributed by atoms with Crippen LogP contribution >= 0.6 is 0 Å². The van der Waals surface area contributed by atoms with Gasteiger partial charge in [0.25, 0.3) is 0 Å². The number of nitrogens with zero attached hydrogens (tertiary/aromatic N) is 5. The van der Waals surface area contributed by atoms with Crippen LogP contribution in [0.1, 0.15) is 26.2 Å². The van der Waals surface area contributed by atoms with E-state index in [1.165, 1.54) is 19.3 Å². The lowest BCUT2D eigenvalue weighted by molar-refractivity contribution is 0.477. The van der Waals surface area contributed by atoms with Gasteiger partial charge in [0.1, 0.15) is 0 Å². The van der Waals surface area contributed by atoms with Gasteiger partial charge >= 0.3 is 0 Å². The number of aromatic nitrogens is 3. The molecule has 0 bridgehead atoms. The largest absolute Gasteiger partial charge is 0.357 e. The van der Waals surface area contributed by atoms with Gasteiger partial charge in [0.2, 0.25) is 17.8 Å². The van der Waals surface area contributed by atoms with Gasteiger partial charge in [-0.3, -0.25) is 0 Å². The van der Waals surface area contributed by atoms with Crippen molar-refractivity contribution >= 4 is 17.8 Å². The molecule has 0 aliphatic carbocycles. The molecule has 1 N–H and O–H groups in total. The number of hydrogen-bond donors (Lipinski definition) is 1. The van der Waals surface area contributed by atoms with Gasteiger partial charge in [-0.15, -0.1) is 0 Å². The van der Waals surface area contributed by atoms with Gasteiger partial charge < -0.3 is 15.1 Å². The number of hydrogen-bond acceptors (Lipinski definition) is 6. The summed E-state index contributed by atoms with van der Waals surface area (Å²) in [4.78, 5) is 17.5. The fraction of sp³-hybridized carbons (Fsp3) is 0.750. The summed E-state index contributed by atoms with van der Waals surface area (Å²) in [5.41, 5.74) is 0. The zero-order valence-electron chi connectivity index (χ0n) is 11.6. The van der Waals surface area contributed by atoms with Crippen molar-refractivity contribution in [3.05, 3.63) is 0 Å². The molecule has 100 valence electrons. The molecular weight excluding hydrogens is 228 g/mol. The SMILES string of the molecule is CNc1nc(N(C)C)nc(N2CCCCC2C)n1. The highest BCUT2D eigenvalue weighted by atomic mass is 15.4. The molecule has 2 heterocycles. The fourth-order valence-electron chi connectivity index (χ4n) is 2.19. The molecular formula is C12H22N6. The molecule has 0 radical (unpaired) electrons. The molecule has 1 aromatic rings. The van der Waals surface area contributed by atoms with Crippen molar-refractivity contribution in [1.29, 1.82) is 0 Å². The highest BCUT2D eigenvalue weighted by Crippen LogP contribution is 2.23. The van der Waals surface area contributed by atoms with Gasteiger partial charge in [-0.05, 0) is 26.2 Å². The predicted octanol–water partition coefficient (Wildman–Crippen LogP) is 1.36. The summed E-state index contributed by atoms with van der Waals surface area (Å²) in [5, 5.41) is 3.00. The van der Waals surface area contributed by atoms with Crippen LogP contribution in [0.5, 0.6) is 0 Å². The molecule has 1 atom stereocenters. The lowest BCUT2D eigenvalue weighted by Crippen LogP contribution is -2.39. The smallest absolute Gasteiger partial charge is 0.232 e. The molecule has 1 saturated heterocycles. The van der Waals surface area contributed by atoms with E-state index in [0.29, 0.717) is 17.9 Å². The molecule has 1 aliphatic rings. The van der Waals surface area contributed by atoms with Crippen LogP contribution in [0.15, 0.2) is 0 Å². The summed E-state index contributed by atoms with van der Waals surface area (Å²) >= 11 is 0. The Hall–Kier alpha value is -1.59. The average molecular weight is 250 g/mol. The molecule has 6 heteroatoms. The summed E-state index contributed by atoms with van der Waals surface area (Å²) in [6.45, 7) is 3.26. The second-order valence-electron chi connectivity index (χ2n) is 4.94. The number of piperidine rings is 1. The normalized spacial score (nSPS) is 19.8. The van der Waals surface area contributed by atoms with Crippen LogP contribution in [-0.2, 0) is 0 Å². The number of anilines is 3. The minimum atomic E-state index is 0.501. The van der Waals surface area contributed by atoms with E-state index >= 15 is 0 Å². The van der Waals surface area contributed by atoms with Crippen molar-refractivity contribution in [3.63, 3.8) is 0 Å². The van der Waals surface area contributed by atoms with Crippen molar-refractivity contribution in [1.82, 2.24) is 15.0 Å². The molecule has 0 aromatic carbocycles. The van der Waals surface area contributed by atoms with Crippen LogP contribution in [0.3, 0.4) is 0 Å². The number of rotatable bonds is 3. The maximum atomic E-state index is 4.54. The van der Waals surface area contributed by atoms with Gasteiger partial charge in [0, 0.05) is 33.7 Å². The van der Waals surface area contributed by atoms with Gasteiger partial charge in [0.05, 0.1) is 0 Å². The van der Waals surface area contributed by atoms with Crippen LogP contribution in [0, 0.1) is 0 Å². The zero-order valence-corrected chi connectivity index (χ0v) is 11.6. The summed E-state index contributed by atoms with van der Waals surface area (Å²) < 4.78 is 0. The topological polar surface area (TPSA) is 57.2 Å². The molecule has 6 nitrogen and oxygen atoms in total. The van der Waals surface area contributed by atoms with E-state index in [1.807, 2.05) is 26.0 Å². The highest BCUT2D eigenvalue weighted by Gasteiger charge is 2.22. The van der Waals surface area contributed by atoms with E-state index in [4.69, 9.17) is 0 Å². The van der Waals surface area contributed by atoms with Crippen LogP contribution in [0.25, 0.3) is 0 Å².